The molecular weight excluding hydrogens is 259 g/mol. The molecule has 0 heterocycles. The van der Waals surface area contributed by atoms with Gasteiger partial charge in [-0.3, -0.25) is 0 Å². The standard InChI is InChI=1S/C12H18ClOPS/c1-3-9-15(16,10-4-2)14-12-7-5-11(13)6-8-12/h5-8H,3-4,9-10H2,1-2H3. The van der Waals surface area contributed by atoms with Crippen LogP contribution in [0.25, 0.3) is 0 Å². The van der Waals surface area contributed by atoms with Gasteiger partial charge in [0.15, 0.2) is 0 Å². The lowest BCUT2D eigenvalue weighted by Gasteiger charge is -2.22. The molecule has 0 fully saturated rings. The number of hydrogen-bond donors (Lipinski definition) is 0. The van der Waals surface area contributed by atoms with E-state index in [0.29, 0.717) is 0 Å². The molecule has 16 heavy (non-hydrogen) atoms. The number of benzene rings is 1. The fourth-order valence-corrected chi connectivity index (χ4v) is 5.33. The smallest absolute Gasteiger partial charge is 0.124 e. The number of halogens is 1. The molecule has 1 aromatic carbocycles. The first-order valence-corrected chi connectivity index (χ1v) is 9.09. The van der Waals surface area contributed by atoms with Crippen molar-refractivity contribution in [2.45, 2.75) is 26.7 Å². The summed E-state index contributed by atoms with van der Waals surface area (Å²) in [4.78, 5) is 0. The Morgan fingerprint density at radius 1 is 1.12 bits per heavy atom. The summed E-state index contributed by atoms with van der Waals surface area (Å²) in [6, 6.07) is 7.48. The van der Waals surface area contributed by atoms with Crippen LogP contribution in [-0.4, -0.2) is 12.3 Å². The molecule has 0 aromatic heterocycles. The van der Waals surface area contributed by atoms with Crippen LogP contribution in [0.2, 0.25) is 5.02 Å². The Bertz CT molecular complexity index is 354. The molecule has 1 nitrogen and oxygen atoms in total. The normalized spacial score (nSPS) is 11.4. The van der Waals surface area contributed by atoms with Gasteiger partial charge < -0.3 is 4.52 Å². The molecule has 0 aliphatic rings. The number of rotatable bonds is 6. The molecule has 0 atom stereocenters. The van der Waals surface area contributed by atoms with E-state index in [1.807, 2.05) is 24.3 Å². The second-order valence-electron chi connectivity index (χ2n) is 3.81. The Morgan fingerprint density at radius 3 is 2.06 bits per heavy atom. The third-order valence-electron chi connectivity index (χ3n) is 2.21. The van der Waals surface area contributed by atoms with Gasteiger partial charge in [-0.15, -0.1) is 0 Å². The second kappa shape index (κ2) is 6.64. The maximum Gasteiger partial charge on any atom is 0.124 e. The molecule has 0 saturated heterocycles. The molecule has 0 bridgehead atoms. The SMILES string of the molecule is CCCP(=S)(CCC)Oc1ccc(Cl)cc1. The minimum atomic E-state index is -1.67. The van der Waals surface area contributed by atoms with Crippen LogP contribution in [0.3, 0.4) is 0 Å². The third-order valence-corrected chi connectivity index (χ3v) is 6.59. The Kier molecular flexibility index (Phi) is 5.82. The van der Waals surface area contributed by atoms with Gasteiger partial charge in [0.05, 0.1) is 0 Å². The first-order chi connectivity index (χ1) is 7.59. The van der Waals surface area contributed by atoms with Gasteiger partial charge in [0.1, 0.15) is 12.0 Å². The summed E-state index contributed by atoms with van der Waals surface area (Å²) in [7, 11) is 0. The average Bonchev–Trinajstić information content (AvgIpc) is 2.22. The molecule has 0 N–H and O–H groups in total. The van der Waals surface area contributed by atoms with Crippen LogP contribution in [0.1, 0.15) is 26.7 Å². The van der Waals surface area contributed by atoms with E-state index in [1.54, 1.807) is 0 Å². The molecule has 0 saturated carbocycles. The van der Waals surface area contributed by atoms with E-state index in [9.17, 15) is 0 Å². The van der Waals surface area contributed by atoms with Crippen LogP contribution >= 0.6 is 17.9 Å². The lowest BCUT2D eigenvalue weighted by atomic mass is 10.3. The van der Waals surface area contributed by atoms with E-state index < -0.39 is 6.26 Å². The predicted octanol–water partition coefficient (Wildman–Crippen LogP) is 4.93. The van der Waals surface area contributed by atoms with E-state index in [0.717, 1.165) is 35.9 Å². The largest absolute Gasteiger partial charge is 0.467 e. The highest BCUT2D eigenvalue weighted by atomic mass is 35.5. The third kappa shape index (κ3) is 4.45. The van der Waals surface area contributed by atoms with Gasteiger partial charge in [0.2, 0.25) is 0 Å². The molecule has 90 valence electrons. The summed E-state index contributed by atoms with van der Waals surface area (Å²) in [6.07, 6.45) is 2.54. The van der Waals surface area contributed by atoms with E-state index in [2.05, 4.69) is 13.8 Å². The van der Waals surface area contributed by atoms with Crippen molar-refractivity contribution in [3.63, 3.8) is 0 Å². The van der Waals surface area contributed by atoms with Crippen LogP contribution in [0.15, 0.2) is 24.3 Å². The first kappa shape index (κ1) is 14.0. The minimum Gasteiger partial charge on any atom is -0.467 e. The zero-order chi connectivity index (χ0) is 12.0. The topological polar surface area (TPSA) is 9.23 Å². The van der Waals surface area contributed by atoms with Crippen LogP contribution in [-0.2, 0) is 11.8 Å². The lowest BCUT2D eigenvalue weighted by Crippen LogP contribution is -2.01. The summed E-state index contributed by atoms with van der Waals surface area (Å²) in [5, 5.41) is 0.728. The van der Waals surface area contributed by atoms with Crippen molar-refractivity contribution in [3.8, 4) is 5.75 Å². The van der Waals surface area contributed by atoms with Crippen LogP contribution < -0.4 is 4.52 Å². The molecule has 0 unspecified atom stereocenters. The Labute approximate surface area is 108 Å². The second-order valence-corrected chi connectivity index (χ2v) is 8.95. The minimum absolute atomic E-state index is 0.728. The first-order valence-electron chi connectivity index (χ1n) is 5.63. The van der Waals surface area contributed by atoms with Crippen LogP contribution in [0.4, 0.5) is 0 Å². The molecule has 1 aromatic rings. The number of hydrogen-bond acceptors (Lipinski definition) is 2. The lowest BCUT2D eigenvalue weighted by molar-refractivity contribution is 0.606. The molecule has 0 spiro atoms. The van der Waals surface area contributed by atoms with Crippen molar-refractivity contribution >= 4 is 29.7 Å². The van der Waals surface area contributed by atoms with Crippen molar-refractivity contribution in [3.05, 3.63) is 29.3 Å². The molecule has 4 heteroatoms. The fourth-order valence-electron chi connectivity index (χ4n) is 1.57. The van der Waals surface area contributed by atoms with Crippen LogP contribution in [0, 0.1) is 0 Å². The van der Waals surface area contributed by atoms with Crippen molar-refractivity contribution in [1.29, 1.82) is 0 Å². The summed E-state index contributed by atoms with van der Waals surface area (Å²) in [5.74, 6) is 0.856. The van der Waals surface area contributed by atoms with Gasteiger partial charge in [0.25, 0.3) is 0 Å². The Balaban J connectivity index is 2.75. The van der Waals surface area contributed by atoms with Crippen molar-refractivity contribution in [2.75, 3.05) is 12.3 Å². The summed E-state index contributed by atoms with van der Waals surface area (Å²) >= 11 is 11.5. The van der Waals surface area contributed by atoms with Gasteiger partial charge in [-0.2, -0.15) is 0 Å². The summed E-state index contributed by atoms with van der Waals surface area (Å²) in [5.41, 5.74) is 0. The summed E-state index contributed by atoms with van der Waals surface area (Å²) < 4.78 is 6.01. The molecule has 0 aliphatic carbocycles. The van der Waals surface area contributed by atoms with Gasteiger partial charge >= 0.3 is 0 Å². The maximum absolute atomic E-state index is 6.01. The van der Waals surface area contributed by atoms with Gasteiger partial charge in [-0.25, -0.2) is 0 Å². The zero-order valence-electron chi connectivity index (χ0n) is 9.78. The van der Waals surface area contributed by atoms with E-state index in [1.165, 1.54) is 0 Å². The van der Waals surface area contributed by atoms with Gasteiger partial charge in [0, 0.05) is 17.3 Å². The highest BCUT2D eigenvalue weighted by Crippen LogP contribution is 2.48. The molecule has 0 radical (unpaired) electrons. The fraction of sp³-hybridized carbons (Fsp3) is 0.500. The maximum atomic E-state index is 6.01. The molecular formula is C12H18ClOPS. The van der Waals surface area contributed by atoms with E-state index in [4.69, 9.17) is 27.9 Å². The van der Waals surface area contributed by atoms with Crippen molar-refractivity contribution < 1.29 is 4.52 Å². The highest BCUT2D eigenvalue weighted by molar-refractivity contribution is 8.12. The van der Waals surface area contributed by atoms with Gasteiger partial charge in [-0.05, 0) is 37.1 Å². The average molecular weight is 277 g/mol. The molecule has 0 amide bonds. The van der Waals surface area contributed by atoms with E-state index in [-0.39, 0.29) is 0 Å². The van der Waals surface area contributed by atoms with Gasteiger partial charge in [-0.1, -0.05) is 37.3 Å². The van der Waals surface area contributed by atoms with Crippen molar-refractivity contribution in [1.82, 2.24) is 0 Å². The van der Waals surface area contributed by atoms with Crippen LogP contribution in [0.5, 0.6) is 5.75 Å². The zero-order valence-corrected chi connectivity index (χ0v) is 12.2. The summed E-state index contributed by atoms with van der Waals surface area (Å²) in [6.45, 7) is 4.31. The Hall–Kier alpha value is -0.0400. The predicted molar refractivity (Wildman–Crippen MR) is 76.7 cm³/mol. The molecule has 0 aliphatic heterocycles. The van der Waals surface area contributed by atoms with E-state index >= 15 is 0 Å². The quantitative estimate of drug-likeness (QED) is 0.681. The monoisotopic (exact) mass is 276 g/mol. The molecule has 1 rings (SSSR count). The Morgan fingerprint density at radius 2 is 1.62 bits per heavy atom. The highest BCUT2D eigenvalue weighted by Gasteiger charge is 2.16. The van der Waals surface area contributed by atoms with Crippen molar-refractivity contribution in [2.24, 2.45) is 0 Å².